The van der Waals surface area contributed by atoms with E-state index in [1.807, 2.05) is 0 Å². The molecule has 1 aliphatic rings. The maximum atomic E-state index is 12.6. The van der Waals surface area contributed by atoms with Gasteiger partial charge in [-0.15, -0.1) is 0 Å². The topological polar surface area (TPSA) is 84.0 Å². The lowest BCUT2D eigenvalue weighted by Crippen LogP contribution is -2.23. The molecule has 0 aliphatic heterocycles. The molecule has 0 radical (unpaired) electrons. The lowest BCUT2D eigenvalue weighted by atomic mass is 9.97. The van der Waals surface area contributed by atoms with Crippen molar-refractivity contribution in [2.24, 2.45) is 5.92 Å². The minimum absolute atomic E-state index is 0.0396. The number of halogens is 1. The van der Waals surface area contributed by atoms with Gasteiger partial charge in [0.2, 0.25) is 0 Å². The zero-order chi connectivity index (χ0) is 16.2. The Hall–Kier alpha value is -1.80. The highest BCUT2D eigenvalue weighted by molar-refractivity contribution is 9.11. The maximum absolute atomic E-state index is 12.6. The van der Waals surface area contributed by atoms with Crippen molar-refractivity contribution in [2.45, 2.75) is 25.7 Å². The molecule has 8 heteroatoms. The van der Waals surface area contributed by atoms with Gasteiger partial charge in [-0.1, -0.05) is 24.2 Å². The second-order valence-electron chi connectivity index (χ2n) is 5.29. The van der Waals surface area contributed by atoms with Crippen molar-refractivity contribution in [3.8, 4) is 0 Å². The number of nitrogens with one attached hydrogen (secondary N) is 2. The second kappa shape index (κ2) is 7.18. The van der Waals surface area contributed by atoms with E-state index in [0.29, 0.717) is 10.7 Å². The van der Waals surface area contributed by atoms with Gasteiger partial charge < -0.3 is 0 Å². The summed E-state index contributed by atoms with van der Waals surface area (Å²) in [4.78, 5) is 32.8. The molecule has 0 spiro atoms. The molecule has 6 nitrogen and oxygen atoms in total. The van der Waals surface area contributed by atoms with Crippen LogP contribution in [0.25, 0.3) is 0 Å². The summed E-state index contributed by atoms with van der Waals surface area (Å²) < 4.78 is 0.822. The number of rotatable bonds is 4. The molecule has 0 saturated heterocycles. The number of nitrogens with zero attached hydrogens (tertiary/aromatic N) is 2. The zero-order valence-electron chi connectivity index (χ0n) is 12.2. The number of amides is 2. The number of carbonyl (C=O) groups is 2. The van der Waals surface area contributed by atoms with E-state index in [1.54, 1.807) is 24.5 Å². The summed E-state index contributed by atoms with van der Waals surface area (Å²) in [5, 5.41) is 5.73. The van der Waals surface area contributed by atoms with E-state index in [2.05, 4.69) is 36.5 Å². The maximum Gasteiger partial charge on any atom is 0.326 e. The van der Waals surface area contributed by atoms with Crippen LogP contribution in [0.3, 0.4) is 0 Å². The molecule has 0 aromatic carbocycles. The van der Waals surface area contributed by atoms with Crippen molar-refractivity contribution in [3.05, 3.63) is 33.9 Å². The van der Waals surface area contributed by atoms with Crippen molar-refractivity contribution in [1.29, 1.82) is 0 Å². The molecule has 1 saturated carbocycles. The Balaban J connectivity index is 1.72. The van der Waals surface area contributed by atoms with E-state index >= 15 is 0 Å². The Kier molecular flexibility index (Phi) is 5.02. The van der Waals surface area contributed by atoms with Crippen LogP contribution in [0.4, 0.5) is 15.7 Å². The largest absolute Gasteiger partial charge is 0.326 e. The van der Waals surface area contributed by atoms with E-state index in [4.69, 9.17) is 0 Å². The molecule has 2 heterocycles. The number of ketones is 1. The third-order valence-corrected chi connectivity index (χ3v) is 5.12. The van der Waals surface area contributed by atoms with Gasteiger partial charge in [-0.05, 0) is 40.9 Å². The van der Waals surface area contributed by atoms with Gasteiger partial charge in [0.05, 0.1) is 15.5 Å². The number of Topliss-reactive ketones (excluding diaryl/α,β-unsaturated/α-hetero) is 1. The number of anilines is 2. The van der Waals surface area contributed by atoms with Gasteiger partial charge in [0.25, 0.3) is 0 Å². The average Bonchev–Trinajstić information content (AvgIpc) is 3.19. The third-order valence-electron chi connectivity index (χ3n) is 3.73. The summed E-state index contributed by atoms with van der Waals surface area (Å²) in [7, 11) is 0. The second-order valence-corrected chi connectivity index (χ2v) is 7.70. The predicted octanol–water partition coefficient (Wildman–Crippen LogP) is 4.32. The van der Waals surface area contributed by atoms with E-state index in [-0.39, 0.29) is 17.5 Å². The molecular weight excluding hydrogens is 380 g/mol. The average molecular weight is 395 g/mol. The summed E-state index contributed by atoms with van der Waals surface area (Å²) in [5.41, 5.74) is 0.467. The highest BCUT2D eigenvalue weighted by atomic mass is 79.9. The summed E-state index contributed by atoms with van der Waals surface area (Å²) in [6.45, 7) is 0. The molecule has 0 bridgehead atoms. The molecule has 0 unspecified atom stereocenters. The van der Waals surface area contributed by atoms with Crippen LogP contribution in [-0.2, 0) is 0 Å². The first-order chi connectivity index (χ1) is 11.1. The number of hydrogen-bond acceptors (Lipinski definition) is 5. The first-order valence-electron chi connectivity index (χ1n) is 7.32. The number of aromatic nitrogens is 2. The Morgan fingerprint density at radius 1 is 1.22 bits per heavy atom. The minimum atomic E-state index is -0.467. The highest BCUT2D eigenvalue weighted by Crippen LogP contribution is 2.30. The van der Waals surface area contributed by atoms with Crippen LogP contribution in [0.5, 0.6) is 0 Å². The Morgan fingerprint density at radius 2 is 2.00 bits per heavy atom. The molecule has 2 amide bonds. The standard InChI is InChI=1S/C15H15BrN4O2S/c16-11-8-18-15(23-11)20-14(22)19-13-10(6-3-7-17-13)12(21)9-4-1-2-5-9/h3,6-9H,1-2,4-5H2,(H2,17,18,19,20,22). The third kappa shape index (κ3) is 3.94. The van der Waals surface area contributed by atoms with Crippen molar-refractivity contribution in [2.75, 3.05) is 10.6 Å². The lowest BCUT2D eigenvalue weighted by Gasteiger charge is -2.12. The van der Waals surface area contributed by atoms with Crippen LogP contribution in [0.15, 0.2) is 28.3 Å². The molecular formula is C15H15BrN4O2S. The molecule has 2 aromatic heterocycles. The van der Waals surface area contributed by atoms with E-state index in [0.717, 1.165) is 29.5 Å². The molecule has 1 fully saturated rings. The van der Waals surface area contributed by atoms with Crippen molar-refractivity contribution in [3.63, 3.8) is 0 Å². The van der Waals surface area contributed by atoms with Crippen LogP contribution in [0.2, 0.25) is 0 Å². The highest BCUT2D eigenvalue weighted by Gasteiger charge is 2.26. The number of hydrogen-bond donors (Lipinski definition) is 2. The van der Waals surface area contributed by atoms with Gasteiger partial charge in [-0.2, -0.15) is 0 Å². The summed E-state index contributed by atoms with van der Waals surface area (Å²) in [5.74, 6) is 0.387. The van der Waals surface area contributed by atoms with Gasteiger partial charge in [0.15, 0.2) is 10.9 Å². The minimum Gasteiger partial charge on any atom is -0.294 e. The Bertz CT molecular complexity index is 728. The monoisotopic (exact) mass is 394 g/mol. The fraction of sp³-hybridized carbons (Fsp3) is 0.333. The molecule has 2 aromatic rings. The van der Waals surface area contributed by atoms with Crippen molar-refractivity contribution >= 4 is 50.0 Å². The van der Waals surface area contributed by atoms with E-state index in [9.17, 15) is 9.59 Å². The SMILES string of the molecule is O=C(Nc1ncc(Br)s1)Nc1ncccc1C(=O)C1CCCC1. The number of carbonyl (C=O) groups excluding carboxylic acids is 2. The fourth-order valence-corrected chi connectivity index (χ4v) is 3.76. The van der Waals surface area contributed by atoms with Gasteiger partial charge in [0, 0.05) is 12.1 Å². The van der Waals surface area contributed by atoms with Crippen LogP contribution < -0.4 is 10.6 Å². The van der Waals surface area contributed by atoms with Crippen LogP contribution in [0.1, 0.15) is 36.0 Å². The number of pyridine rings is 1. The Labute approximate surface area is 145 Å². The molecule has 3 rings (SSSR count). The van der Waals surface area contributed by atoms with Crippen LogP contribution in [0, 0.1) is 5.92 Å². The van der Waals surface area contributed by atoms with Crippen LogP contribution >= 0.6 is 27.3 Å². The predicted molar refractivity (Wildman–Crippen MR) is 93.0 cm³/mol. The van der Waals surface area contributed by atoms with E-state index < -0.39 is 6.03 Å². The quantitative estimate of drug-likeness (QED) is 0.756. The van der Waals surface area contributed by atoms with Gasteiger partial charge >= 0.3 is 6.03 Å². The van der Waals surface area contributed by atoms with Crippen molar-refractivity contribution in [1.82, 2.24) is 9.97 Å². The first kappa shape index (κ1) is 16.1. The summed E-state index contributed by atoms with van der Waals surface area (Å²) >= 11 is 4.59. The number of urea groups is 1. The first-order valence-corrected chi connectivity index (χ1v) is 8.93. The number of thiazole rings is 1. The normalized spacial score (nSPS) is 14.7. The van der Waals surface area contributed by atoms with Gasteiger partial charge in [0.1, 0.15) is 5.82 Å². The molecule has 1 aliphatic carbocycles. The molecule has 0 atom stereocenters. The van der Waals surface area contributed by atoms with E-state index in [1.165, 1.54) is 11.3 Å². The van der Waals surface area contributed by atoms with Gasteiger partial charge in [-0.25, -0.2) is 14.8 Å². The zero-order valence-corrected chi connectivity index (χ0v) is 14.6. The summed E-state index contributed by atoms with van der Waals surface area (Å²) in [6.07, 6.45) is 7.15. The molecule has 23 heavy (non-hydrogen) atoms. The molecule has 2 N–H and O–H groups in total. The van der Waals surface area contributed by atoms with Crippen molar-refractivity contribution < 1.29 is 9.59 Å². The molecule has 120 valence electrons. The smallest absolute Gasteiger partial charge is 0.294 e. The Morgan fingerprint density at radius 3 is 2.70 bits per heavy atom. The fourth-order valence-electron chi connectivity index (χ4n) is 2.66. The lowest BCUT2D eigenvalue weighted by molar-refractivity contribution is 0.0923. The summed E-state index contributed by atoms with van der Waals surface area (Å²) in [6, 6.07) is 2.96. The van der Waals surface area contributed by atoms with Crippen LogP contribution in [-0.4, -0.2) is 21.8 Å². The van der Waals surface area contributed by atoms with Gasteiger partial charge in [-0.3, -0.25) is 15.4 Å².